The Morgan fingerprint density at radius 1 is 1.18 bits per heavy atom. The van der Waals surface area contributed by atoms with E-state index in [4.69, 9.17) is 19.5 Å². The van der Waals surface area contributed by atoms with Gasteiger partial charge in [0.1, 0.15) is 18.4 Å². The van der Waals surface area contributed by atoms with E-state index in [2.05, 4.69) is 4.52 Å². The minimum absolute atomic E-state index is 0.105. The van der Waals surface area contributed by atoms with E-state index in [1.807, 2.05) is 0 Å². The van der Waals surface area contributed by atoms with Gasteiger partial charge in [0.15, 0.2) is 0 Å². The van der Waals surface area contributed by atoms with Gasteiger partial charge in [0.05, 0.1) is 13.2 Å². The molecule has 5 N–H and O–H groups in total. The van der Waals surface area contributed by atoms with Gasteiger partial charge in [-0.25, -0.2) is 13.9 Å². The molecule has 0 bridgehead atoms. The molecule has 1 fully saturated rings. The van der Waals surface area contributed by atoms with E-state index in [9.17, 15) is 33.4 Å². The SMILES string of the molecule is CCOP(=O)(O)OCC1OC(n2cc(C)c(=O)n(CCCCCN)c2=O)CC1OP(=O)(O)O. The Labute approximate surface area is 190 Å². The number of nitrogens with two attached hydrogens (primary N) is 1. The number of nitrogens with zero attached hydrogens (tertiary/aromatic N) is 2. The highest BCUT2D eigenvalue weighted by molar-refractivity contribution is 7.47. The molecule has 0 aliphatic carbocycles. The van der Waals surface area contributed by atoms with Gasteiger partial charge in [-0.3, -0.25) is 27.5 Å². The Hall–Kier alpha value is -1.18. The molecule has 190 valence electrons. The summed E-state index contributed by atoms with van der Waals surface area (Å²) in [4.78, 5) is 53.5. The Bertz CT molecular complexity index is 1000. The monoisotopic (exact) mass is 515 g/mol. The molecule has 1 aromatic rings. The van der Waals surface area contributed by atoms with Crippen LogP contribution in [0.15, 0.2) is 15.8 Å². The molecule has 1 aliphatic heterocycles. The molecule has 0 saturated carbocycles. The first kappa shape index (κ1) is 28.1. The van der Waals surface area contributed by atoms with Crippen LogP contribution in [0.5, 0.6) is 0 Å². The lowest BCUT2D eigenvalue weighted by molar-refractivity contribution is -0.0461. The largest absolute Gasteiger partial charge is 0.472 e. The van der Waals surface area contributed by atoms with Gasteiger partial charge in [-0.2, -0.15) is 0 Å². The van der Waals surface area contributed by atoms with Crippen LogP contribution in [0.25, 0.3) is 0 Å². The number of unbranched alkanes of at least 4 members (excludes halogenated alkanes) is 2. The lowest BCUT2D eigenvalue weighted by Gasteiger charge is -2.20. The first-order chi connectivity index (χ1) is 15.4. The predicted molar refractivity (Wildman–Crippen MR) is 115 cm³/mol. The van der Waals surface area contributed by atoms with E-state index in [1.54, 1.807) is 0 Å². The molecule has 1 aromatic heterocycles. The molecule has 33 heavy (non-hydrogen) atoms. The lowest BCUT2D eigenvalue weighted by atomic mass is 10.2. The summed E-state index contributed by atoms with van der Waals surface area (Å²) in [7, 11) is -9.38. The molecule has 1 aliphatic rings. The highest BCUT2D eigenvalue weighted by Gasteiger charge is 2.42. The smallest absolute Gasteiger partial charge is 0.349 e. The Balaban J connectivity index is 2.29. The minimum Gasteiger partial charge on any atom is -0.349 e. The van der Waals surface area contributed by atoms with Gasteiger partial charge < -0.3 is 25.2 Å². The molecule has 14 nitrogen and oxygen atoms in total. The fourth-order valence-corrected chi connectivity index (χ4v) is 4.74. The molecule has 0 radical (unpaired) electrons. The molecular formula is C17H31N3O11P2. The fraction of sp³-hybridized carbons (Fsp3) is 0.765. The van der Waals surface area contributed by atoms with Gasteiger partial charge in [-0.1, -0.05) is 6.42 Å². The van der Waals surface area contributed by atoms with Crippen molar-refractivity contribution in [2.24, 2.45) is 5.73 Å². The van der Waals surface area contributed by atoms with Crippen molar-refractivity contribution in [2.75, 3.05) is 19.8 Å². The molecular weight excluding hydrogens is 484 g/mol. The normalized spacial score (nSPS) is 23.0. The molecule has 4 atom stereocenters. The fourth-order valence-electron chi connectivity index (χ4n) is 3.43. The van der Waals surface area contributed by atoms with Crippen molar-refractivity contribution < 1.29 is 42.1 Å². The van der Waals surface area contributed by atoms with Crippen LogP contribution in [0.2, 0.25) is 0 Å². The van der Waals surface area contributed by atoms with E-state index in [0.717, 1.165) is 22.0 Å². The zero-order valence-electron chi connectivity index (χ0n) is 18.4. The van der Waals surface area contributed by atoms with Crippen molar-refractivity contribution >= 4 is 15.6 Å². The van der Waals surface area contributed by atoms with Crippen LogP contribution in [0.1, 0.15) is 44.4 Å². The van der Waals surface area contributed by atoms with Gasteiger partial charge in [0.25, 0.3) is 5.56 Å². The maximum absolute atomic E-state index is 13.0. The second kappa shape index (κ2) is 12.0. The summed E-state index contributed by atoms with van der Waals surface area (Å²) < 4.78 is 45.3. The van der Waals surface area contributed by atoms with Crippen molar-refractivity contribution in [3.05, 3.63) is 32.6 Å². The van der Waals surface area contributed by atoms with Gasteiger partial charge >= 0.3 is 21.3 Å². The molecule has 0 aromatic carbocycles. The number of ether oxygens (including phenoxy) is 1. The topological polar surface area (TPSA) is 202 Å². The van der Waals surface area contributed by atoms with Gasteiger partial charge in [0.2, 0.25) is 0 Å². The Kier molecular flexibility index (Phi) is 10.2. The van der Waals surface area contributed by atoms with Crippen LogP contribution in [-0.2, 0) is 34.0 Å². The van der Waals surface area contributed by atoms with E-state index in [-0.39, 0.29) is 25.1 Å². The van der Waals surface area contributed by atoms with Crippen molar-refractivity contribution in [1.82, 2.24) is 9.13 Å². The van der Waals surface area contributed by atoms with Crippen molar-refractivity contribution in [3.63, 3.8) is 0 Å². The molecule has 1 saturated heterocycles. The lowest BCUT2D eigenvalue weighted by Crippen LogP contribution is -2.42. The zero-order valence-corrected chi connectivity index (χ0v) is 20.2. The van der Waals surface area contributed by atoms with Gasteiger partial charge in [-0.05, 0) is 33.2 Å². The van der Waals surface area contributed by atoms with Crippen molar-refractivity contribution in [2.45, 2.75) is 64.5 Å². The molecule has 0 amide bonds. The summed E-state index contributed by atoms with van der Waals surface area (Å²) in [6.07, 6.45) is -0.396. The van der Waals surface area contributed by atoms with Gasteiger partial charge in [0, 0.05) is 24.7 Å². The molecule has 0 spiro atoms. The minimum atomic E-state index is -4.96. The summed E-state index contributed by atoms with van der Waals surface area (Å²) in [6.45, 7) is 2.97. The van der Waals surface area contributed by atoms with Crippen LogP contribution in [0.4, 0.5) is 0 Å². The zero-order chi connectivity index (χ0) is 24.8. The van der Waals surface area contributed by atoms with Crippen LogP contribution in [0.3, 0.4) is 0 Å². The highest BCUT2D eigenvalue weighted by atomic mass is 31.2. The number of hydrogen-bond acceptors (Lipinski definition) is 9. The standard InChI is InChI=1S/C17H31N3O11P2/c1-3-28-33(26,27)29-11-14-13(31-32(23,24)25)9-15(30-14)20-10-12(2)16(21)19(17(20)22)8-6-4-5-7-18/h10,13-15H,3-9,11,18H2,1-2H3,(H,26,27)(H2,23,24,25). The average Bonchev–Trinajstić information content (AvgIpc) is 3.09. The second-order valence-corrected chi connectivity index (χ2v) is 10.1. The number of hydrogen-bond donors (Lipinski definition) is 4. The number of aromatic nitrogens is 2. The van der Waals surface area contributed by atoms with E-state index in [0.29, 0.717) is 13.0 Å². The molecule has 2 rings (SSSR count). The van der Waals surface area contributed by atoms with E-state index >= 15 is 0 Å². The third kappa shape index (κ3) is 8.22. The number of aryl methyl sites for hydroxylation is 1. The number of phosphoric ester groups is 2. The van der Waals surface area contributed by atoms with Crippen LogP contribution in [-0.4, -0.2) is 55.8 Å². The molecule has 2 heterocycles. The van der Waals surface area contributed by atoms with Crippen molar-refractivity contribution in [3.8, 4) is 0 Å². The molecule has 4 unspecified atom stereocenters. The van der Waals surface area contributed by atoms with Crippen molar-refractivity contribution in [1.29, 1.82) is 0 Å². The predicted octanol–water partition coefficient (Wildman–Crippen LogP) is 0.366. The number of phosphoric acid groups is 2. The summed E-state index contributed by atoms with van der Waals surface area (Å²) >= 11 is 0. The Morgan fingerprint density at radius 2 is 1.88 bits per heavy atom. The average molecular weight is 515 g/mol. The summed E-state index contributed by atoms with van der Waals surface area (Å²) in [5.74, 6) is 0. The van der Waals surface area contributed by atoms with Crippen LogP contribution in [0, 0.1) is 6.92 Å². The third-order valence-electron chi connectivity index (χ3n) is 4.91. The van der Waals surface area contributed by atoms with Crippen LogP contribution >= 0.6 is 15.6 Å². The van der Waals surface area contributed by atoms with E-state index in [1.165, 1.54) is 20.0 Å². The van der Waals surface area contributed by atoms with Crippen LogP contribution < -0.4 is 17.0 Å². The van der Waals surface area contributed by atoms with Gasteiger partial charge in [-0.15, -0.1) is 0 Å². The summed E-state index contributed by atoms with van der Waals surface area (Å²) in [6, 6.07) is 0. The second-order valence-electron chi connectivity index (χ2n) is 7.49. The summed E-state index contributed by atoms with van der Waals surface area (Å²) in [5.41, 5.74) is 4.61. The molecule has 16 heteroatoms. The quantitative estimate of drug-likeness (QED) is 0.208. The maximum atomic E-state index is 13.0. The number of rotatable bonds is 13. The third-order valence-corrected chi connectivity index (χ3v) is 6.52. The maximum Gasteiger partial charge on any atom is 0.472 e. The Morgan fingerprint density at radius 3 is 2.48 bits per heavy atom. The summed E-state index contributed by atoms with van der Waals surface area (Å²) in [5, 5.41) is 0. The highest BCUT2D eigenvalue weighted by Crippen LogP contribution is 2.46. The first-order valence-electron chi connectivity index (χ1n) is 10.4. The van der Waals surface area contributed by atoms with E-state index < -0.39 is 51.9 Å². The first-order valence-corrected chi connectivity index (χ1v) is 13.4.